The third kappa shape index (κ3) is 4.06. The van der Waals surface area contributed by atoms with Gasteiger partial charge in [-0.05, 0) is 36.2 Å². The second-order valence-corrected chi connectivity index (χ2v) is 6.85. The predicted molar refractivity (Wildman–Crippen MR) is 94.9 cm³/mol. The summed E-state index contributed by atoms with van der Waals surface area (Å²) in [5.41, 5.74) is 2.02. The van der Waals surface area contributed by atoms with Gasteiger partial charge in [0.05, 0.1) is 12.6 Å². The van der Waals surface area contributed by atoms with Crippen LogP contribution in [0.15, 0.2) is 46.9 Å². The fraction of sp³-hybridized carbons (Fsp3) is 0.278. The summed E-state index contributed by atoms with van der Waals surface area (Å²) in [6.45, 7) is 0.615. The van der Waals surface area contributed by atoms with Crippen LogP contribution < -0.4 is 10.1 Å². The molecule has 0 bridgehead atoms. The van der Waals surface area contributed by atoms with Crippen LogP contribution in [0, 0.1) is 0 Å². The van der Waals surface area contributed by atoms with Gasteiger partial charge in [0.1, 0.15) is 5.75 Å². The van der Waals surface area contributed by atoms with E-state index >= 15 is 0 Å². The SMILES string of the molecule is O=C(CCc1ccccc1Cl)NC1CCOc2ccc(Br)cc21. The highest BCUT2D eigenvalue weighted by atomic mass is 79.9. The Morgan fingerprint density at radius 1 is 1.30 bits per heavy atom. The van der Waals surface area contributed by atoms with E-state index in [1.54, 1.807) is 0 Å². The quantitative estimate of drug-likeness (QED) is 0.818. The fourth-order valence-corrected chi connectivity index (χ4v) is 3.34. The van der Waals surface area contributed by atoms with Gasteiger partial charge in [0, 0.05) is 27.9 Å². The van der Waals surface area contributed by atoms with Crippen molar-refractivity contribution in [1.82, 2.24) is 5.32 Å². The number of hydrogen-bond acceptors (Lipinski definition) is 2. The Hall–Kier alpha value is -1.52. The van der Waals surface area contributed by atoms with Crippen molar-refractivity contribution in [3.05, 3.63) is 63.1 Å². The molecule has 1 N–H and O–H groups in total. The summed E-state index contributed by atoms with van der Waals surface area (Å²) in [6.07, 6.45) is 1.84. The zero-order chi connectivity index (χ0) is 16.2. The molecule has 0 spiro atoms. The molecule has 2 aromatic rings. The van der Waals surface area contributed by atoms with E-state index in [4.69, 9.17) is 16.3 Å². The first-order valence-electron chi connectivity index (χ1n) is 7.58. The van der Waals surface area contributed by atoms with Crippen molar-refractivity contribution in [2.75, 3.05) is 6.61 Å². The van der Waals surface area contributed by atoms with Gasteiger partial charge in [-0.1, -0.05) is 45.7 Å². The number of hydrogen-bond donors (Lipinski definition) is 1. The van der Waals surface area contributed by atoms with Gasteiger partial charge in [-0.25, -0.2) is 0 Å². The fourth-order valence-electron chi connectivity index (χ4n) is 2.73. The lowest BCUT2D eigenvalue weighted by Crippen LogP contribution is -2.32. The zero-order valence-corrected chi connectivity index (χ0v) is 14.9. The molecule has 23 heavy (non-hydrogen) atoms. The van der Waals surface area contributed by atoms with Crippen LogP contribution in [-0.2, 0) is 11.2 Å². The molecule has 0 saturated heterocycles. The molecule has 3 rings (SSSR count). The highest BCUT2D eigenvalue weighted by Crippen LogP contribution is 2.34. The maximum Gasteiger partial charge on any atom is 0.220 e. The largest absolute Gasteiger partial charge is 0.493 e. The lowest BCUT2D eigenvalue weighted by atomic mass is 10.00. The number of halogens is 2. The Bertz CT molecular complexity index is 720. The van der Waals surface area contributed by atoms with E-state index in [1.165, 1.54) is 0 Å². The minimum atomic E-state index is -0.00463. The van der Waals surface area contributed by atoms with Crippen LogP contribution in [0.3, 0.4) is 0 Å². The first kappa shape index (κ1) is 16.3. The van der Waals surface area contributed by atoms with E-state index < -0.39 is 0 Å². The molecule has 0 saturated carbocycles. The first-order chi connectivity index (χ1) is 11.1. The molecule has 0 fully saturated rings. The van der Waals surface area contributed by atoms with Crippen LogP contribution in [0.2, 0.25) is 5.02 Å². The standard InChI is InChI=1S/C18H17BrClNO2/c19-13-6-7-17-14(11-13)16(9-10-23-17)21-18(22)8-5-12-3-1-2-4-15(12)20/h1-4,6-7,11,16H,5,8-10H2,(H,21,22). The van der Waals surface area contributed by atoms with Crippen molar-refractivity contribution in [3.63, 3.8) is 0 Å². The summed E-state index contributed by atoms with van der Waals surface area (Å²) in [5, 5.41) is 3.82. The van der Waals surface area contributed by atoms with Crippen LogP contribution in [0.1, 0.15) is 30.0 Å². The number of carbonyl (C=O) groups is 1. The molecule has 0 aromatic heterocycles. The Balaban J connectivity index is 1.63. The number of carbonyl (C=O) groups excluding carboxylic acids is 1. The van der Waals surface area contributed by atoms with E-state index in [-0.39, 0.29) is 11.9 Å². The van der Waals surface area contributed by atoms with Gasteiger partial charge in [-0.15, -0.1) is 0 Å². The van der Waals surface area contributed by atoms with Crippen LogP contribution in [0.25, 0.3) is 0 Å². The molecule has 1 aliphatic rings. The molecule has 2 aromatic carbocycles. The molecule has 3 nitrogen and oxygen atoms in total. The molecule has 120 valence electrons. The third-order valence-electron chi connectivity index (χ3n) is 3.93. The Morgan fingerprint density at radius 2 is 2.13 bits per heavy atom. The summed E-state index contributed by atoms with van der Waals surface area (Å²) in [7, 11) is 0. The molecule has 0 aliphatic carbocycles. The van der Waals surface area contributed by atoms with Crippen molar-refractivity contribution >= 4 is 33.4 Å². The number of amides is 1. The topological polar surface area (TPSA) is 38.3 Å². The molecule has 1 aliphatic heterocycles. The minimum Gasteiger partial charge on any atom is -0.493 e. The van der Waals surface area contributed by atoms with Gasteiger partial charge in [0.15, 0.2) is 0 Å². The molecule has 1 heterocycles. The number of fused-ring (bicyclic) bond motifs is 1. The van der Waals surface area contributed by atoms with Gasteiger partial charge in [-0.2, -0.15) is 0 Å². The van der Waals surface area contributed by atoms with Crippen LogP contribution in [0.4, 0.5) is 0 Å². The smallest absolute Gasteiger partial charge is 0.220 e. The van der Waals surface area contributed by atoms with Gasteiger partial charge in [0.2, 0.25) is 5.91 Å². The lowest BCUT2D eigenvalue weighted by Gasteiger charge is -2.27. The van der Waals surface area contributed by atoms with Crippen molar-refractivity contribution in [3.8, 4) is 5.75 Å². The summed E-state index contributed by atoms with van der Waals surface area (Å²) in [4.78, 5) is 12.3. The van der Waals surface area contributed by atoms with Gasteiger partial charge < -0.3 is 10.1 Å². The highest BCUT2D eigenvalue weighted by molar-refractivity contribution is 9.10. The summed E-state index contributed by atoms with van der Waals surface area (Å²) in [5.74, 6) is 0.874. The number of benzene rings is 2. The van der Waals surface area contributed by atoms with E-state index in [0.29, 0.717) is 24.5 Å². The molecule has 5 heteroatoms. The Labute approximate surface area is 149 Å². The van der Waals surface area contributed by atoms with Crippen molar-refractivity contribution in [1.29, 1.82) is 0 Å². The molecule has 0 radical (unpaired) electrons. The number of ether oxygens (including phenoxy) is 1. The molecule has 1 unspecified atom stereocenters. The van der Waals surface area contributed by atoms with Crippen molar-refractivity contribution < 1.29 is 9.53 Å². The zero-order valence-electron chi connectivity index (χ0n) is 12.5. The average molecular weight is 395 g/mol. The highest BCUT2D eigenvalue weighted by Gasteiger charge is 2.23. The summed E-state index contributed by atoms with van der Waals surface area (Å²) >= 11 is 9.60. The van der Waals surface area contributed by atoms with Crippen molar-refractivity contribution in [2.45, 2.75) is 25.3 Å². The number of rotatable bonds is 4. The summed E-state index contributed by atoms with van der Waals surface area (Å²) in [6, 6.07) is 13.5. The predicted octanol–water partition coefficient (Wildman–Crippen LogP) is 4.68. The Kier molecular flexibility index (Phi) is 5.23. The normalized spacial score (nSPS) is 16.3. The van der Waals surface area contributed by atoms with Crippen LogP contribution >= 0.6 is 27.5 Å². The average Bonchev–Trinajstić information content (AvgIpc) is 2.55. The van der Waals surface area contributed by atoms with Crippen molar-refractivity contribution in [2.24, 2.45) is 0 Å². The van der Waals surface area contributed by atoms with E-state index in [9.17, 15) is 4.79 Å². The van der Waals surface area contributed by atoms with Gasteiger partial charge >= 0.3 is 0 Å². The molecule has 1 atom stereocenters. The minimum absolute atomic E-state index is 0.00463. The maximum atomic E-state index is 12.3. The first-order valence-corrected chi connectivity index (χ1v) is 8.75. The van der Waals surface area contributed by atoms with Gasteiger partial charge in [-0.3, -0.25) is 4.79 Å². The third-order valence-corrected chi connectivity index (χ3v) is 4.79. The lowest BCUT2D eigenvalue weighted by molar-refractivity contribution is -0.122. The molecular formula is C18H17BrClNO2. The van der Waals surface area contributed by atoms with Crippen LogP contribution in [0.5, 0.6) is 5.75 Å². The number of nitrogens with one attached hydrogen (secondary N) is 1. The van der Waals surface area contributed by atoms with E-state index in [0.717, 1.165) is 27.8 Å². The monoisotopic (exact) mass is 393 g/mol. The number of aryl methyl sites for hydroxylation is 1. The van der Waals surface area contributed by atoms with Gasteiger partial charge in [0.25, 0.3) is 0 Å². The molecular weight excluding hydrogens is 378 g/mol. The van der Waals surface area contributed by atoms with E-state index in [1.807, 2.05) is 42.5 Å². The molecule has 1 amide bonds. The second-order valence-electron chi connectivity index (χ2n) is 5.53. The van der Waals surface area contributed by atoms with E-state index in [2.05, 4.69) is 21.2 Å². The maximum absolute atomic E-state index is 12.3. The second kappa shape index (κ2) is 7.37. The van der Waals surface area contributed by atoms with Crippen LogP contribution in [-0.4, -0.2) is 12.5 Å². The Morgan fingerprint density at radius 3 is 2.96 bits per heavy atom. The summed E-state index contributed by atoms with van der Waals surface area (Å²) < 4.78 is 6.63.